The van der Waals surface area contributed by atoms with Gasteiger partial charge in [-0.15, -0.1) is 0 Å². The lowest BCUT2D eigenvalue weighted by Gasteiger charge is -2.34. The Morgan fingerprint density at radius 2 is 2.23 bits per heavy atom. The van der Waals surface area contributed by atoms with E-state index in [1.54, 1.807) is 6.92 Å². The fourth-order valence-electron chi connectivity index (χ4n) is 2.66. The van der Waals surface area contributed by atoms with Gasteiger partial charge in [0.05, 0.1) is 6.10 Å². The van der Waals surface area contributed by atoms with Crippen LogP contribution >= 0.6 is 0 Å². The number of carbonyl (C=O) groups excluding carboxylic acids is 1. The van der Waals surface area contributed by atoms with Gasteiger partial charge in [0.2, 0.25) is 11.8 Å². The van der Waals surface area contributed by atoms with Crippen LogP contribution in [-0.2, 0) is 16.6 Å². The Bertz CT molecular complexity index is 505. The quantitative estimate of drug-likeness (QED) is 0.919. The first kappa shape index (κ1) is 16.9. The number of carbonyl (C=O) groups is 1. The summed E-state index contributed by atoms with van der Waals surface area (Å²) in [6, 6.07) is 0. The normalized spacial score (nSPS) is 21.0. The maximum atomic E-state index is 12.3. The van der Waals surface area contributed by atoms with Crippen LogP contribution in [0.5, 0.6) is 0 Å². The van der Waals surface area contributed by atoms with E-state index in [0.29, 0.717) is 31.1 Å². The predicted octanol–water partition coefficient (Wildman–Crippen LogP) is 1.92. The van der Waals surface area contributed by atoms with E-state index in [-0.39, 0.29) is 23.3 Å². The van der Waals surface area contributed by atoms with Crippen molar-refractivity contribution >= 4 is 5.91 Å². The lowest BCUT2D eigenvalue weighted by molar-refractivity contribution is -0.133. The van der Waals surface area contributed by atoms with Gasteiger partial charge >= 0.3 is 0 Å². The monoisotopic (exact) mass is 309 g/mol. The third-order valence-corrected chi connectivity index (χ3v) is 4.18. The van der Waals surface area contributed by atoms with Crippen LogP contribution < -0.4 is 0 Å². The van der Waals surface area contributed by atoms with E-state index in [1.807, 2.05) is 25.7 Å². The van der Waals surface area contributed by atoms with Crippen molar-refractivity contribution in [3.05, 3.63) is 11.7 Å². The molecule has 2 heterocycles. The first-order chi connectivity index (χ1) is 10.3. The number of piperidine rings is 1. The summed E-state index contributed by atoms with van der Waals surface area (Å²) in [6.45, 7) is 9.29. The van der Waals surface area contributed by atoms with Crippen molar-refractivity contribution in [1.29, 1.82) is 0 Å². The van der Waals surface area contributed by atoms with Crippen LogP contribution in [0.4, 0.5) is 0 Å². The molecule has 2 unspecified atom stereocenters. The number of hydrogen-bond donors (Lipinski definition) is 1. The van der Waals surface area contributed by atoms with E-state index in [0.717, 1.165) is 19.4 Å². The minimum Gasteiger partial charge on any atom is -0.393 e. The lowest BCUT2D eigenvalue weighted by atomic mass is 9.93. The number of aryl methyl sites for hydroxylation is 1. The fourth-order valence-corrected chi connectivity index (χ4v) is 2.66. The zero-order chi connectivity index (χ0) is 16.3. The summed E-state index contributed by atoms with van der Waals surface area (Å²) in [7, 11) is 0. The Hall–Kier alpha value is -1.43. The highest BCUT2D eigenvalue weighted by Gasteiger charge is 2.27. The molecule has 1 aliphatic rings. The van der Waals surface area contributed by atoms with Gasteiger partial charge in [-0.3, -0.25) is 4.79 Å². The van der Waals surface area contributed by atoms with Crippen molar-refractivity contribution in [2.45, 2.75) is 64.9 Å². The number of likely N-dealkylation sites (tertiary alicyclic amines) is 1. The Kier molecular flexibility index (Phi) is 5.21. The van der Waals surface area contributed by atoms with Gasteiger partial charge in [0.1, 0.15) is 0 Å². The number of nitrogens with zero attached hydrogens (tertiary/aromatic N) is 3. The summed E-state index contributed by atoms with van der Waals surface area (Å²) in [5, 5.41) is 13.7. The molecular weight excluding hydrogens is 282 g/mol. The zero-order valence-corrected chi connectivity index (χ0v) is 14.0. The minimum absolute atomic E-state index is 0.0980. The average molecular weight is 309 g/mol. The molecule has 1 N–H and O–H groups in total. The molecule has 1 saturated heterocycles. The molecule has 1 aromatic heterocycles. The van der Waals surface area contributed by atoms with Crippen LogP contribution in [0.3, 0.4) is 0 Å². The molecule has 0 radical (unpaired) electrons. The molecule has 1 aliphatic heterocycles. The van der Waals surface area contributed by atoms with E-state index in [4.69, 9.17) is 4.52 Å². The van der Waals surface area contributed by atoms with Crippen molar-refractivity contribution in [1.82, 2.24) is 15.0 Å². The first-order valence-corrected chi connectivity index (χ1v) is 8.06. The van der Waals surface area contributed by atoms with E-state index in [2.05, 4.69) is 10.1 Å². The highest BCUT2D eigenvalue weighted by Crippen LogP contribution is 2.21. The molecule has 6 nitrogen and oxygen atoms in total. The number of hydrogen-bond acceptors (Lipinski definition) is 5. The molecule has 2 rings (SSSR count). The van der Waals surface area contributed by atoms with Gasteiger partial charge in [0.15, 0.2) is 5.82 Å². The second kappa shape index (κ2) is 6.77. The molecule has 0 aliphatic carbocycles. The average Bonchev–Trinajstić information content (AvgIpc) is 2.94. The molecular formula is C16H27N3O3. The van der Waals surface area contributed by atoms with Gasteiger partial charge in [-0.1, -0.05) is 25.9 Å². The third kappa shape index (κ3) is 4.29. The van der Waals surface area contributed by atoms with E-state index >= 15 is 0 Å². The van der Waals surface area contributed by atoms with Gasteiger partial charge in [-0.05, 0) is 19.8 Å². The van der Waals surface area contributed by atoms with Crippen LogP contribution in [0.1, 0.15) is 58.7 Å². The maximum Gasteiger partial charge on any atom is 0.227 e. The Morgan fingerprint density at radius 1 is 1.50 bits per heavy atom. The summed E-state index contributed by atoms with van der Waals surface area (Å²) in [5.74, 6) is 1.47. The Balaban J connectivity index is 1.86. The van der Waals surface area contributed by atoms with E-state index in [9.17, 15) is 9.90 Å². The molecule has 6 heteroatoms. The van der Waals surface area contributed by atoms with Gasteiger partial charge in [-0.2, -0.15) is 4.98 Å². The summed E-state index contributed by atoms with van der Waals surface area (Å²) < 4.78 is 5.22. The Labute approximate surface area is 131 Å². The summed E-state index contributed by atoms with van der Waals surface area (Å²) >= 11 is 0. The first-order valence-electron chi connectivity index (χ1n) is 8.06. The molecule has 0 bridgehead atoms. The molecule has 0 aromatic carbocycles. The SMILES string of the molecule is CC(O)C1CCCN(C(=O)CCc2nc(C(C)(C)C)no2)C1. The van der Waals surface area contributed by atoms with Gasteiger partial charge in [0, 0.05) is 37.3 Å². The van der Waals surface area contributed by atoms with Crippen molar-refractivity contribution in [3.63, 3.8) is 0 Å². The fraction of sp³-hybridized carbons (Fsp3) is 0.812. The van der Waals surface area contributed by atoms with Crippen molar-refractivity contribution in [2.24, 2.45) is 5.92 Å². The number of aromatic nitrogens is 2. The highest BCUT2D eigenvalue weighted by molar-refractivity contribution is 5.76. The van der Waals surface area contributed by atoms with E-state index < -0.39 is 0 Å². The van der Waals surface area contributed by atoms with Crippen LogP contribution in [0.2, 0.25) is 0 Å². The van der Waals surface area contributed by atoms with Gasteiger partial charge < -0.3 is 14.5 Å². The Morgan fingerprint density at radius 3 is 2.82 bits per heavy atom. The second-order valence-corrected chi connectivity index (χ2v) is 7.24. The molecule has 1 fully saturated rings. The van der Waals surface area contributed by atoms with E-state index in [1.165, 1.54) is 0 Å². The molecule has 22 heavy (non-hydrogen) atoms. The van der Waals surface area contributed by atoms with Gasteiger partial charge in [0.25, 0.3) is 0 Å². The van der Waals surface area contributed by atoms with Crippen molar-refractivity contribution in [2.75, 3.05) is 13.1 Å². The van der Waals surface area contributed by atoms with Crippen LogP contribution in [0, 0.1) is 5.92 Å². The molecule has 0 saturated carbocycles. The predicted molar refractivity (Wildman–Crippen MR) is 82.3 cm³/mol. The molecule has 0 spiro atoms. The molecule has 2 atom stereocenters. The van der Waals surface area contributed by atoms with Gasteiger partial charge in [-0.25, -0.2) is 0 Å². The van der Waals surface area contributed by atoms with Crippen LogP contribution in [0.15, 0.2) is 4.52 Å². The maximum absolute atomic E-state index is 12.3. The number of rotatable bonds is 4. The smallest absolute Gasteiger partial charge is 0.227 e. The van der Waals surface area contributed by atoms with Crippen LogP contribution in [0.25, 0.3) is 0 Å². The molecule has 1 aromatic rings. The summed E-state index contributed by atoms with van der Waals surface area (Å²) in [6.07, 6.45) is 2.42. The van der Waals surface area contributed by atoms with Crippen molar-refractivity contribution in [3.8, 4) is 0 Å². The molecule has 1 amide bonds. The standard InChI is InChI=1S/C16H27N3O3/c1-11(20)12-6-5-9-19(10-12)14(21)8-7-13-17-15(18-22-13)16(2,3)4/h11-12,20H,5-10H2,1-4H3. The number of aliphatic hydroxyl groups is 1. The number of aliphatic hydroxyl groups excluding tert-OH is 1. The molecule has 124 valence electrons. The summed E-state index contributed by atoms with van der Waals surface area (Å²) in [4.78, 5) is 18.5. The third-order valence-electron chi connectivity index (χ3n) is 4.18. The lowest BCUT2D eigenvalue weighted by Crippen LogP contribution is -2.43. The minimum atomic E-state index is -0.360. The van der Waals surface area contributed by atoms with Crippen LogP contribution in [-0.4, -0.2) is 45.2 Å². The number of amides is 1. The summed E-state index contributed by atoms with van der Waals surface area (Å²) in [5.41, 5.74) is -0.150. The van der Waals surface area contributed by atoms with Crippen molar-refractivity contribution < 1.29 is 14.4 Å². The highest BCUT2D eigenvalue weighted by atomic mass is 16.5. The zero-order valence-electron chi connectivity index (χ0n) is 14.0. The topological polar surface area (TPSA) is 79.5 Å². The second-order valence-electron chi connectivity index (χ2n) is 7.24. The largest absolute Gasteiger partial charge is 0.393 e.